The average Bonchev–Trinajstić information content (AvgIpc) is 2.49. The highest BCUT2D eigenvalue weighted by Crippen LogP contribution is 2.30. The third-order valence-corrected chi connectivity index (χ3v) is 4.93. The standard InChI is InChI=1S/C18H18O2S/c1-3-4-9-20-13-10-12(2)18-15(11-13)17(19)14-7-5-6-8-16(14)21-18/h5-8,10-11H,3-4,9H2,1-2H3. The first-order valence-corrected chi connectivity index (χ1v) is 8.11. The lowest BCUT2D eigenvalue weighted by molar-refractivity contribution is 0.309. The maximum atomic E-state index is 12.7. The maximum Gasteiger partial charge on any atom is 0.196 e. The van der Waals surface area contributed by atoms with Crippen molar-refractivity contribution in [1.82, 2.24) is 0 Å². The smallest absolute Gasteiger partial charge is 0.196 e. The third kappa shape index (κ3) is 2.66. The molecule has 0 atom stereocenters. The van der Waals surface area contributed by atoms with Gasteiger partial charge in [0.15, 0.2) is 5.43 Å². The summed E-state index contributed by atoms with van der Waals surface area (Å²) in [7, 11) is 0. The fourth-order valence-corrected chi connectivity index (χ4v) is 3.58. The molecule has 2 aromatic carbocycles. The Kier molecular flexibility index (Phi) is 3.93. The lowest BCUT2D eigenvalue weighted by Gasteiger charge is -2.09. The first-order valence-electron chi connectivity index (χ1n) is 7.29. The van der Waals surface area contributed by atoms with Gasteiger partial charge in [-0.2, -0.15) is 0 Å². The van der Waals surface area contributed by atoms with Gasteiger partial charge in [0.05, 0.1) is 6.61 Å². The van der Waals surface area contributed by atoms with Gasteiger partial charge in [0.25, 0.3) is 0 Å². The van der Waals surface area contributed by atoms with Gasteiger partial charge in [0.1, 0.15) is 5.75 Å². The summed E-state index contributed by atoms with van der Waals surface area (Å²) >= 11 is 1.67. The van der Waals surface area contributed by atoms with Crippen LogP contribution in [-0.2, 0) is 0 Å². The van der Waals surface area contributed by atoms with Crippen LogP contribution in [-0.4, -0.2) is 6.61 Å². The van der Waals surface area contributed by atoms with Crippen LogP contribution in [0.4, 0.5) is 0 Å². The molecule has 0 bridgehead atoms. The molecule has 0 N–H and O–H groups in total. The van der Waals surface area contributed by atoms with Crippen molar-refractivity contribution in [3.05, 3.63) is 52.2 Å². The molecule has 0 unspecified atom stereocenters. The average molecular weight is 298 g/mol. The van der Waals surface area contributed by atoms with Gasteiger partial charge < -0.3 is 4.74 Å². The minimum absolute atomic E-state index is 0.100. The number of fused-ring (bicyclic) bond motifs is 2. The van der Waals surface area contributed by atoms with Gasteiger partial charge in [0.2, 0.25) is 0 Å². The van der Waals surface area contributed by atoms with Gasteiger partial charge in [-0.25, -0.2) is 0 Å². The minimum atomic E-state index is 0.100. The van der Waals surface area contributed by atoms with Crippen LogP contribution in [0.15, 0.2) is 41.2 Å². The van der Waals surface area contributed by atoms with Crippen molar-refractivity contribution < 1.29 is 4.74 Å². The Balaban J connectivity index is 2.19. The molecule has 0 saturated heterocycles. The van der Waals surface area contributed by atoms with Crippen LogP contribution in [0.25, 0.3) is 20.2 Å². The molecule has 0 amide bonds. The Morgan fingerprint density at radius 3 is 2.76 bits per heavy atom. The fourth-order valence-electron chi connectivity index (χ4n) is 2.46. The quantitative estimate of drug-likeness (QED) is 0.506. The van der Waals surface area contributed by atoms with E-state index in [0.717, 1.165) is 44.3 Å². The summed E-state index contributed by atoms with van der Waals surface area (Å²) in [4.78, 5) is 12.7. The monoisotopic (exact) mass is 298 g/mol. The number of hydrogen-bond donors (Lipinski definition) is 0. The van der Waals surface area contributed by atoms with Crippen molar-refractivity contribution in [3.8, 4) is 5.75 Å². The van der Waals surface area contributed by atoms with E-state index in [1.54, 1.807) is 11.3 Å². The summed E-state index contributed by atoms with van der Waals surface area (Å²) in [5, 5.41) is 1.56. The molecule has 1 aromatic heterocycles. The molecule has 1 heterocycles. The Bertz CT molecular complexity index is 849. The Morgan fingerprint density at radius 1 is 1.14 bits per heavy atom. The van der Waals surface area contributed by atoms with E-state index < -0.39 is 0 Å². The van der Waals surface area contributed by atoms with Crippen LogP contribution >= 0.6 is 11.3 Å². The van der Waals surface area contributed by atoms with E-state index in [4.69, 9.17) is 4.74 Å². The SMILES string of the molecule is CCCCOc1cc(C)c2sc3ccccc3c(=O)c2c1. The molecule has 0 saturated carbocycles. The second-order valence-electron chi connectivity index (χ2n) is 5.25. The molecule has 0 radical (unpaired) electrons. The first-order chi connectivity index (χ1) is 10.2. The molecule has 108 valence electrons. The molecular weight excluding hydrogens is 280 g/mol. The summed E-state index contributed by atoms with van der Waals surface area (Å²) in [6, 6.07) is 11.7. The first kappa shape index (κ1) is 14.1. The highest BCUT2D eigenvalue weighted by Gasteiger charge is 2.09. The van der Waals surface area contributed by atoms with E-state index in [1.807, 2.05) is 43.3 Å². The van der Waals surface area contributed by atoms with Gasteiger partial charge in [-0.05, 0) is 43.2 Å². The lowest BCUT2D eigenvalue weighted by Crippen LogP contribution is -2.03. The molecule has 0 aliphatic heterocycles. The van der Waals surface area contributed by atoms with Crippen molar-refractivity contribution in [3.63, 3.8) is 0 Å². The number of aryl methyl sites for hydroxylation is 1. The van der Waals surface area contributed by atoms with Crippen LogP contribution in [0.3, 0.4) is 0 Å². The van der Waals surface area contributed by atoms with Gasteiger partial charge >= 0.3 is 0 Å². The van der Waals surface area contributed by atoms with Gasteiger partial charge in [0, 0.05) is 20.2 Å². The van der Waals surface area contributed by atoms with Crippen LogP contribution in [0.2, 0.25) is 0 Å². The molecule has 0 aliphatic carbocycles. The number of unbranched alkanes of at least 4 members (excludes halogenated alkanes) is 1. The summed E-state index contributed by atoms with van der Waals surface area (Å²) in [5.74, 6) is 0.799. The lowest BCUT2D eigenvalue weighted by atomic mass is 10.1. The molecule has 0 spiro atoms. The zero-order valence-electron chi connectivity index (χ0n) is 12.3. The predicted octanol–water partition coefficient (Wildman–Crippen LogP) is 4.90. The molecular formula is C18H18O2S. The molecule has 2 nitrogen and oxygen atoms in total. The molecule has 3 rings (SSSR count). The highest BCUT2D eigenvalue weighted by molar-refractivity contribution is 7.24. The van der Waals surface area contributed by atoms with Gasteiger partial charge in [-0.15, -0.1) is 11.3 Å². The molecule has 3 heteroatoms. The summed E-state index contributed by atoms with van der Waals surface area (Å²) in [6.07, 6.45) is 2.13. The zero-order chi connectivity index (χ0) is 14.8. The van der Waals surface area contributed by atoms with Crippen LogP contribution in [0.1, 0.15) is 25.3 Å². The topological polar surface area (TPSA) is 26.3 Å². The van der Waals surface area contributed by atoms with Crippen molar-refractivity contribution in [2.45, 2.75) is 26.7 Å². The third-order valence-electron chi connectivity index (χ3n) is 3.60. The van der Waals surface area contributed by atoms with Crippen LogP contribution in [0.5, 0.6) is 5.75 Å². The Labute approximate surface area is 128 Å². The molecule has 21 heavy (non-hydrogen) atoms. The van der Waals surface area contributed by atoms with Crippen LogP contribution < -0.4 is 10.2 Å². The second kappa shape index (κ2) is 5.86. The summed E-state index contributed by atoms with van der Waals surface area (Å²) < 4.78 is 7.86. The van der Waals surface area contributed by atoms with E-state index in [2.05, 4.69) is 6.92 Å². The van der Waals surface area contributed by atoms with Gasteiger partial charge in [-0.3, -0.25) is 4.79 Å². The maximum absolute atomic E-state index is 12.7. The fraction of sp³-hybridized carbons (Fsp3) is 0.278. The second-order valence-corrected chi connectivity index (χ2v) is 6.30. The van der Waals surface area contributed by atoms with E-state index in [-0.39, 0.29) is 5.43 Å². The Hall–Kier alpha value is -1.87. The van der Waals surface area contributed by atoms with Crippen molar-refractivity contribution in [1.29, 1.82) is 0 Å². The van der Waals surface area contributed by atoms with E-state index >= 15 is 0 Å². The summed E-state index contributed by atoms with van der Waals surface area (Å²) in [5.41, 5.74) is 1.20. The number of benzene rings is 2. The molecule has 0 aliphatic rings. The number of hydrogen-bond acceptors (Lipinski definition) is 3. The summed E-state index contributed by atoms with van der Waals surface area (Å²) in [6.45, 7) is 4.88. The normalized spacial score (nSPS) is 11.1. The van der Waals surface area contributed by atoms with E-state index in [0.29, 0.717) is 6.61 Å². The number of rotatable bonds is 4. The minimum Gasteiger partial charge on any atom is -0.494 e. The van der Waals surface area contributed by atoms with E-state index in [9.17, 15) is 4.79 Å². The van der Waals surface area contributed by atoms with Crippen LogP contribution in [0, 0.1) is 6.92 Å². The zero-order valence-corrected chi connectivity index (χ0v) is 13.1. The molecule has 3 aromatic rings. The van der Waals surface area contributed by atoms with E-state index in [1.165, 1.54) is 0 Å². The van der Waals surface area contributed by atoms with Crippen molar-refractivity contribution in [2.75, 3.05) is 6.61 Å². The van der Waals surface area contributed by atoms with Gasteiger partial charge in [-0.1, -0.05) is 25.5 Å². The predicted molar refractivity (Wildman–Crippen MR) is 90.7 cm³/mol. The highest BCUT2D eigenvalue weighted by atomic mass is 32.1. The Morgan fingerprint density at radius 2 is 1.95 bits per heavy atom. The molecule has 0 fully saturated rings. The van der Waals surface area contributed by atoms with Crippen molar-refractivity contribution >= 4 is 31.5 Å². The largest absolute Gasteiger partial charge is 0.494 e. The number of ether oxygens (including phenoxy) is 1. The van der Waals surface area contributed by atoms with Crippen molar-refractivity contribution in [2.24, 2.45) is 0 Å².